The number of esters is 1. The second-order valence-electron chi connectivity index (χ2n) is 6.52. The molecule has 0 saturated heterocycles. The van der Waals surface area contributed by atoms with Crippen molar-refractivity contribution in [2.75, 3.05) is 20.6 Å². The fraction of sp³-hybridized carbons (Fsp3) is 0.333. The number of aryl methyl sites for hydroxylation is 1. The van der Waals surface area contributed by atoms with E-state index in [2.05, 4.69) is 4.98 Å². The Kier molecular flexibility index (Phi) is 4.95. The SMILES string of the molecule is CN(C)CC(=O)OC(c1ccccc1)n1cnc2c1c(=O)n(C)c(=O)n2C. The Labute approximate surface area is 155 Å². The minimum Gasteiger partial charge on any atom is -0.436 e. The van der Waals surface area contributed by atoms with Gasteiger partial charge in [0.05, 0.1) is 6.54 Å². The van der Waals surface area contributed by atoms with Gasteiger partial charge in [-0.3, -0.25) is 28.2 Å². The van der Waals surface area contributed by atoms with Crippen LogP contribution < -0.4 is 11.2 Å². The topological polar surface area (TPSA) is 91.4 Å². The predicted molar refractivity (Wildman–Crippen MR) is 99.4 cm³/mol. The highest BCUT2D eigenvalue weighted by molar-refractivity contribution is 5.73. The number of carbonyl (C=O) groups is 1. The number of imidazole rings is 1. The lowest BCUT2D eigenvalue weighted by molar-refractivity contribution is -0.151. The van der Waals surface area contributed by atoms with E-state index in [0.29, 0.717) is 5.56 Å². The summed E-state index contributed by atoms with van der Waals surface area (Å²) in [5, 5.41) is 0. The van der Waals surface area contributed by atoms with Crippen molar-refractivity contribution < 1.29 is 9.53 Å². The monoisotopic (exact) mass is 371 g/mol. The summed E-state index contributed by atoms with van der Waals surface area (Å²) in [7, 11) is 6.46. The van der Waals surface area contributed by atoms with Gasteiger partial charge in [-0.05, 0) is 14.1 Å². The Hall–Kier alpha value is -3.20. The second-order valence-corrected chi connectivity index (χ2v) is 6.52. The molecule has 9 heteroatoms. The number of hydrogen-bond acceptors (Lipinski definition) is 6. The van der Waals surface area contributed by atoms with Crippen LogP contribution in [0.15, 0.2) is 46.2 Å². The summed E-state index contributed by atoms with van der Waals surface area (Å²) in [5.41, 5.74) is 0.118. The Morgan fingerprint density at radius 2 is 1.81 bits per heavy atom. The fourth-order valence-electron chi connectivity index (χ4n) is 2.86. The summed E-state index contributed by atoms with van der Waals surface area (Å²) in [4.78, 5) is 43.1. The van der Waals surface area contributed by atoms with Crippen LogP contribution in [0.5, 0.6) is 0 Å². The van der Waals surface area contributed by atoms with Gasteiger partial charge in [-0.25, -0.2) is 9.78 Å². The molecule has 1 atom stereocenters. The van der Waals surface area contributed by atoms with Gasteiger partial charge < -0.3 is 4.74 Å². The van der Waals surface area contributed by atoms with E-state index < -0.39 is 23.4 Å². The fourth-order valence-corrected chi connectivity index (χ4v) is 2.86. The number of ether oxygens (including phenoxy) is 1. The molecule has 0 saturated carbocycles. The number of nitrogens with zero attached hydrogens (tertiary/aromatic N) is 5. The number of aromatic nitrogens is 4. The standard InChI is InChI=1S/C18H21N5O4/c1-20(2)10-13(24)27-17(12-8-6-5-7-9-12)23-11-19-15-14(23)16(25)22(4)18(26)21(15)3/h5-9,11,17H,10H2,1-4H3. The number of benzene rings is 1. The molecule has 1 unspecified atom stereocenters. The van der Waals surface area contributed by atoms with Crippen LogP contribution in [-0.2, 0) is 23.6 Å². The zero-order valence-corrected chi connectivity index (χ0v) is 15.6. The van der Waals surface area contributed by atoms with E-state index in [0.717, 1.165) is 4.57 Å². The van der Waals surface area contributed by atoms with Crippen molar-refractivity contribution in [2.24, 2.45) is 14.1 Å². The number of carbonyl (C=O) groups excluding carboxylic acids is 1. The molecule has 2 aromatic heterocycles. The lowest BCUT2D eigenvalue weighted by Crippen LogP contribution is -2.38. The lowest BCUT2D eigenvalue weighted by atomic mass is 10.2. The first kappa shape index (κ1) is 18.6. The third-order valence-electron chi connectivity index (χ3n) is 4.20. The molecular formula is C18H21N5O4. The molecule has 2 heterocycles. The highest BCUT2D eigenvalue weighted by Crippen LogP contribution is 2.23. The molecule has 1 aromatic carbocycles. The molecule has 0 bridgehead atoms. The Morgan fingerprint density at radius 1 is 1.15 bits per heavy atom. The van der Waals surface area contributed by atoms with Gasteiger partial charge in [0, 0.05) is 19.7 Å². The van der Waals surface area contributed by atoms with E-state index in [-0.39, 0.29) is 17.7 Å². The maximum Gasteiger partial charge on any atom is 0.332 e. The van der Waals surface area contributed by atoms with Crippen LogP contribution in [0.4, 0.5) is 0 Å². The van der Waals surface area contributed by atoms with Crippen molar-refractivity contribution in [1.29, 1.82) is 0 Å². The molecule has 3 rings (SSSR count). The van der Waals surface area contributed by atoms with E-state index >= 15 is 0 Å². The second kappa shape index (κ2) is 7.20. The summed E-state index contributed by atoms with van der Waals surface area (Å²) in [6.45, 7) is 0.0897. The summed E-state index contributed by atoms with van der Waals surface area (Å²) in [6, 6.07) is 9.07. The normalized spacial score (nSPS) is 12.5. The molecule has 0 aliphatic heterocycles. The highest BCUT2D eigenvalue weighted by Gasteiger charge is 2.24. The molecule has 0 fully saturated rings. The molecule has 9 nitrogen and oxygen atoms in total. The first-order valence-electron chi connectivity index (χ1n) is 8.33. The summed E-state index contributed by atoms with van der Waals surface area (Å²) in [5.74, 6) is -0.447. The zero-order chi connectivity index (χ0) is 19.7. The van der Waals surface area contributed by atoms with Gasteiger partial charge in [-0.2, -0.15) is 0 Å². The van der Waals surface area contributed by atoms with Crippen molar-refractivity contribution in [2.45, 2.75) is 6.23 Å². The van der Waals surface area contributed by atoms with Crippen LogP contribution >= 0.6 is 0 Å². The van der Waals surface area contributed by atoms with Crippen molar-refractivity contribution >= 4 is 17.1 Å². The van der Waals surface area contributed by atoms with Crippen LogP contribution in [0, 0.1) is 0 Å². The minimum atomic E-state index is -0.881. The van der Waals surface area contributed by atoms with Gasteiger partial charge in [0.1, 0.15) is 6.33 Å². The third kappa shape index (κ3) is 3.41. The molecule has 142 valence electrons. The molecule has 0 radical (unpaired) electrons. The van der Waals surface area contributed by atoms with Crippen molar-refractivity contribution in [3.05, 3.63) is 63.1 Å². The van der Waals surface area contributed by atoms with Crippen molar-refractivity contribution in [3.63, 3.8) is 0 Å². The average molecular weight is 371 g/mol. The maximum atomic E-state index is 12.7. The number of rotatable bonds is 5. The Bertz CT molecular complexity index is 1090. The third-order valence-corrected chi connectivity index (χ3v) is 4.20. The summed E-state index contributed by atoms with van der Waals surface area (Å²) >= 11 is 0. The Morgan fingerprint density at radius 3 is 2.44 bits per heavy atom. The number of fused-ring (bicyclic) bond motifs is 1. The first-order valence-corrected chi connectivity index (χ1v) is 8.33. The van der Waals surface area contributed by atoms with Gasteiger partial charge in [-0.1, -0.05) is 30.3 Å². The van der Waals surface area contributed by atoms with Crippen molar-refractivity contribution in [3.8, 4) is 0 Å². The minimum absolute atomic E-state index is 0.0897. The van der Waals surface area contributed by atoms with Crippen LogP contribution in [0.1, 0.15) is 11.8 Å². The van der Waals surface area contributed by atoms with Crippen molar-refractivity contribution in [1.82, 2.24) is 23.6 Å². The smallest absolute Gasteiger partial charge is 0.332 e. The summed E-state index contributed by atoms with van der Waals surface area (Å²) in [6.07, 6.45) is 0.528. The zero-order valence-electron chi connectivity index (χ0n) is 15.6. The van der Waals surface area contributed by atoms with Crippen LogP contribution in [0.25, 0.3) is 11.2 Å². The molecule has 0 amide bonds. The molecule has 0 aliphatic rings. The van der Waals surface area contributed by atoms with Gasteiger partial charge >= 0.3 is 11.7 Å². The molecular weight excluding hydrogens is 350 g/mol. The van der Waals surface area contributed by atoms with E-state index in [1.165, 1.54) is 29.6 Å². The van der Waals surface area contributed by atoms with Gasteiger partial charge in [-0.15, -0.1) is 0 Å². The van der Waals surface area contributed by atoms with Gasteiger partial charge in [0.25, 0.3) is 5.56 Å². The summed E-state index contributed by atoms with van der Waals surface area (Å²) < 4.78 is 9.45. The quantitative estimate of drug-likeness (QED) is 0.590. The van der Waals surface area contributed by atoms with Crippen LogP contribution in [0.2, 0.25) is 0 Å². The largest absolute Gasteiger partial charge is 0.436 e. The van der Waals surface area contributed by atoms with E-state index in [4.69, 9.17) is 4.74 Å². The molecule has 27 heavy (non-hydrogen) atoms. The molecule has 0 spiro atoms. The van der Waals surface area contributed by atoms with E-state index in [1.54, 1.807) is 31.1 Å². The number of likely N-dealkylation sites (N-methyl/N-ethyl adjacent to an activating group) is 1. The molecule has 3 aromatic rings. The highest BCUT2D eigenvalue weighted by atomic mass is 16.6. The first-order chi connectivity index (χ1) is 12.8. The molecule has 0 aliphatic carbocycles. The van der Waals surface area contributed by atoms with Gasteiger partial charge in [0.15, 0.2) is 11.2 Å². The predicted octanol–water partition coefficient (Wildman–Crippen LogP) is 0.0854. The number of hydrogen-bond donors (Lipinski definition) is 0. The Balaban J connectivity index is 2.20. The lowest BCUT2D eigenvalue weighted by Gasteiger charge is -2.21. The van der Waals surface area contributed by atoms with Crippen LogP contribution in [-0.4, -0.2) is 50.2 Å². The van der Waals surface area contributed by atoms with Gasteiger partial charge in [0.2, 0.25) is 6.23 Å². The van der Waals surface area contributed by atoms with E-state index in [9.17, 15) is 14.4 Å². The van der Waals surface area contributed by atoms with Crippen LogP contribution in [0.3, 0.4) is 0 Å². The van der Waals surface area contributed by atoms with E-state index in [1.807, 2.05) is 18.2 Å². The molecule has 0 N–H and O–H groups in total. The maximum absolute atomic E-state index is 12.7. The average Bonchev–Trinajstić information content (AvgIpc) is 3.07.